The SMILES string of the molecule is CC/C=C\C/C=C\C/C=C\C/C=C\C/C=C\CCCC(=O)OCC(COP(=O)(O)OCC(O)COP(=O)(O)OCC(COC(=O)C/C=C\C/C=C\C/C=C\C/C=C\C/C=C\CC)OC(=O)C/C=C\C/C=C\C/C=C\C/C=C\C/C=C\CC)OC(=O)CCCCCCCCCCCCCCCCC. The Morgan fingerprint density at radius 3 is 0.902 bits per heavy atom. The van der Waals surface area contributed by atoms with Crippen molar-refractivity contribution < 1.29 is 80.2 Å². The summed E-state index contributed by atoms with van der Waals surface area (Å²) in [6.07, 6.45) is 88.2. The lowest BCUT2D eigenvalue weighted by Gasteiger charge is -2.21. The van der Waals surface area contributed by atoms with Crippen molar-refractivity contribution in [3.63, 3.8) is 0 Å². The standard InChI is InChI=1S/C83H132O17P2/c1-5-9-13-17-21-25-29-33-37-38-42-44-48-52-56-60-64-68-81(86)94-74-79(100-83(88)70-66-62-58-54-50-46-41-36-32-28-24-20-16-12-8-4)76-98-102(91,92)96-72-77(84)71-95-101(89,90)97-75-78(99-82(87)69-65-61-57-53-49-45-40-35-31-27-23-19-15-11-7-3)73-93-80(85)67-63-59-55-51-47-43-39-34-30-26-22-18-14-10-6-2/h9-11,13-15,21-23,25-27,33-35,37,39-40,42,44,47,49,51-53,56,59,61,63,65,77-79,84H,5-8,12,16-20,24,28-32,36,38,41,43,45-46,48,50,54-55,57-58,60,62,64,66-76H2,1-4H3,(H,89,90)(H,91,92)/b13-9-,14-10-,15-11-,25-21-,26-22-,27-23-,37-33-,39-34-,40-35-,44-42-,51-47-,53-49-,56-52-,63-59-,65-61-. The number of unbranched alkanes of at least 4 members (excludes halogenated alkanes) is 15. The minimum Gasteiger partial charge on any atom is -0.462 e. The average molecular weight is 1460 g/mol. The van der Waals surface area contributed by atoms with Gasteiger partial charge in [0, 0.05) is 12.8 Å². The number of esters is 4. The maximum Gasteiger partial charge on any atom is 0.472 e. The van der Waals surface area contributed by atoms with E-state index in [0.29, 0.717) is 32.1 Å². The van der Waals surface area contributed by atoms with E-state index in [-0.39, 0.29) is 25.7 Å². The highest BCUT2D eigenvalue weighted by atomic mass is 31.2. The Labute approximate surface area is 615 Å². The Balaban J connectivity index is 5.55. The van der Waals surface area contributed by atoms with E-state index in [4.69, 9.17) is 37.0 Å². The lowest BCUT2D eigenvalue weighted by atomic mass is 10.0. The van der Waals surface area contributed by atoms with Crippen molar-refractivity contribution in [1.82, 2.24) is 0 Å². The highest BCUT2D eigenvalue weighted by molar-refractivity contribution is 7.47. The van der Waals surface area contributed by atoms with Crippen molar-refractivity contribution in [2.45, 2.75) is 277 Å². The molecule has 0 heterocycles. The van der Waals surface area contributed by atoms with Gasteiger partial charge in [-0.15, -0.1) is 0 Å². The molecule has 0 rings (SSSR count). The number of aliphatic hydroxyl groups excluding tert-OH is 1. The number of carbonyl (C=O) groups excluding carboxylic acids is 4. The van der Waals surface area contributed by atoms with Crippen LogP contribution in [0.3, 0.4) is 0 Å². The molecule has 0 aliphatic heterocycles. The maximum atomic E-state index is 13.1. The zero-order valence-electron chi connectivity index (χ0n) is 62.7. The Bertz CT molecular complexity index is 2650. The van der Waals surface area contributed by atoms with Gasteiger partial charge in [-0.2, -0.15) is 0 Å². The highest BCUT2D eigenvalue weighted by Crippen LogP contribution is 2.45. The molecule has 0 saturated carbocycles. The smallest absolute Gasteiger partial charge is 0.462 e. The van der Waals surface area contributed by atoms with Gasteiger partial charge in [-0.05, 0) is 116 Å². The minimum atomic E-state index is -5.03. The summed E-state index contributed by atoms with van der Waals surface area (Å²) in [4.78, 5) is 72.7. The number of ether oxygens (including phenoxy) is 4. The van der Waals surface area contributed by atoms with Crippen LogP contribution in [0.2, 0.25) is 0 Å². The van der Waals surface area contributed by atoms with E-state index < -0.39 is 97.5 Å². The van der Waals surface area contributed by atoms with E-state index in [2.05, 4.69) is 149 Å². The summed E-state index contributed by atoms with van der Waals surface area (Å²) in [6, 6.07) is 0. The predicted octanol–water partition coefficient (Wildman–Crippen LogP) is 22.0. The topological polar surface area (TPSA) is 237 Å². The van der Waals surface area contributed by atoms with Gasteiger partial charge in [0.15, 0.2) is 12.2 Å². The summed E-state index contributed by atoms with van der Waals surface area (Å²) in [5.41, 5.74) is 0. The van der Waals surface area contributed by atoms with Gasteiger partial charge >= 0.3 is 39.5 Å². The molecule has 3 N–H and O–H groups in total. The molecule has 0 fully saturated rings. The van der Waals surface area contributed by atoms with E-state index in [9.17, 15) is 43.2 Å². The van der Waals surface area contributed by atoms with Crippen molar-refractivity contribution in [2.24, 2.45) is 0 Å². The second-order valence-electron chi connectivity index (χ2n) is 24.5. The summed E-state index contributed by atoms with van der Waals surface area (Å²) >= 11 is 0. The Morgan fingerprint density at radius 1 is 0.294 bits per heavy atom. The highest BCUT2D eigenvalue weighted by Gasteiger charge is 2.30. The fraction of sp³-hybridized carbons (Fsp3) is 0.590. The zero-order chi connectivity index (χ0) is 74.6. The molecule has 17 nitrogen and oxygen atoms in total. The van der Waals surface area contributed by atoms with Gasteiger partial charge in [-0.1, -0.05) is 300 Å². The van der Waals surface area contributed by atoms with E-state index >= 15 is 0 Å². The lowest BCUT2D eigenvalue weighted by Crippen LogP contribution is -2.30. The fourth-order valence-electron chi connectivity index (χ4n) is 9.29. The molecule has 0 aliphatic carbocycles. The van der Waals surface area contributed by atoms with Gasteiger partial charge in [-0.3, -0.25) is 37.3 Å². The van der Waals surface area contributed by atoms with Crippen LogP contribution >= 0.6 is 15.6 Å². The summed E-state index contributed by atoms with van der Waals surface area (Å²) in [5.74, 6) is -2.56. The number of phosphoric acid groups is 2. The number of hydrogen-bond donors (Lipinski definition) is 3. The summed E-state index contributed by atoms with van der Waals surface area (Å²) in [6.45, 7) is 4.21. The Kier molecular flexibility index (Phi) is 69.3. The third-order valence-electron chi connectivity index (χ3n) is 14.9. The van der Waals surface area contributed by atoms with Crippen LogP contribution in [0.15, 0.2) is 182 Å². The molecule has 0 saturated heterocycles. The van der Waals surface area contributed by atoms with Crippen molar-refractivity contribution in [3.05, 3.63) is 182 Å². The monoisotopic (exact) mass is 1460 g/mol. The van der Waals surface area contributed by atoms with Crippen LogP contribution in [-0.2, 0) is 65.4 Å². The Morgan fingerprint density at radius 2 is 0.559 bits per heavy atom. The lowest BCUT2D eigenvalue weighted by molar-refractivity contribution is -0.161. The first kappa shape index (κ1) is 96.2. The largest absolute Gasteiger partial charge is 0.472 e. The van der Waals surface area contributed by atoms with Gasteiger partial charge in [-0.25, -0.2) is 9.13 Å². The minimum absolute atomic E-state index is 0.0746. The molecule has 102 heavy (non-hydrogen) atoms. The molecule has 0 bridgehead atoms. The fourth-order valence-corrected chi connectivity index (χ4v) is 10.9. The number of allylic oxidation sites excluding steroid dienone is 28. The number of carbonyl (C=O) groups is 4. The van der Waals surface area contributed by atoms with Crippen LogP contribution in [0, 0.1) is 0 Å². The van der Waals surface area contributed by atoms with Gasteiger partial charge < -0.3 is 33.8 Å². The maximum absolute atomic E-state index is 13.1. The van der Waals surface area contributed by atoms with Crippen LogP contribution in [0.4, 0.5) is 0 Å². The zero-order valence-corrected chi connectivity index (χ0v) is 64.5. The quantitative estimate of drug-likeness (QED) is 0.0169. The number of rotatable bonds is 69. The van der Waals surface area contributed by atoms with Crippen LogP contribution in [-0.4, -0.2) is 96.7 Å². The van der Waals surface area contributed by atoms with Gasteiger partial charge in [0.25, 0.3) is 0 Å². The normalized spacial score (nSPS) is 14.9. The van der Waals surface area contributed by atoms with Crippen molar-refractivity contribution >= 4 is 39.5 Å². The summed E-state index contributed by atoms with van der Waals surface area (Å²) in [5, 5.41) is 10.6. The molecular weight excluding hydrogens is 1330 g/mol. The molecular formula is C83H132O17P2. The first-order chi connectivity index (χ1) is 49.7. The summed E-state index contributed by atoms with van der Waals surface area (Å²) in [7, 11) is -10.0. The van der Waals surface area contributed by atoms with E-state index in [1.807, 2.05) is 36.5 Å². The molecule has 0 radical (unpaired) electrons. The van der Waals surface area contributed by atoms with Crippen LogP contribution in [0.25, 0.3) is 0 Å². The molecule has 0 aromatic rings. The number of aliphatic hydroxyl groups is 1. The van der Waals surface area contributed by atoms with Gasteiger partial charge in [0.1, 0.15) is 19.3 Å². The van der Waals surface area contributed by atoms with Gasteiger partial charge in [0.2, 0.25) is 0 Å². The average Bonchev–Trinajstić information content (AvgIpc) is 0.923. The first-order valence-electron chi connectivity index (χ1n) is 38.0. The molecule has 0 aromatic heterocycles. The van der Waals surface area contributed by atoms with E-state index in [0.717, 1.165) is 109 Å². The molecule has 19 heteroatoms. The Hall–Kier alpha value is -5.84. The number of phosphoric ester groups is 2. The first-order valence-corrected chi connectivity index (χ1v) is 41.0. The van der Waals surface area contributed by atoms with Crippen LogP contribution < -0.4 is 0 Å². The van der Waals surface area contributed by atoms with Crippen molar-refractivity contribution in [3.8, 4) is 0 Å². The number of hydrogen-bond acceptors (Lipinski definition) is 15. The molecule has 0 aliphatic rings. The van der Waals surface area contributed by atoms with Gasteiger partial charge in [0.05, 0.1) is 39.3 Å². The molecule has 0 amide bonds. The molecule has 0 aromatic carbocycles. The molecule has 5 atom stereocenters. The summed E-state index contributed by atoms with van der Waals surface area (Å²) < 4.78 is 68.1. The third kappa shape index (κ3) is 72.5. The van der Waals surface area contributed by atoms with Crippen molar-refractivity contribution in [1.29, 1.82) is 0 Å². The predicted molar refractivity (Wildman–Crippen MR) is 417 cm³/mol. The molecule has 576 valence electrons. The van der Waals surface area contributed by atoms with E-state index in [1.54, 1.807) is 24.3 Å². The third-order valence-corrected chi connectivity index (χ3v) is 16.8. The molecule has 5 unspecified atom stereocenters. The van der Waals surface area contributed by atoms with Crippen molar-refractivity contribution in [2.75, 3.05) is 39.6 Å². The second-order valence-corrected chi connectivity index (χ2v) is 27.4. The van der Waals surface area contributed by atoms with E-state index in [1.165, 1.54) is 64.2 Å². The van der Waals surface area contributed by atoms with Crippen LogP contribution in [0.1, 0.15) is 259 Å². The van der Waals surface area contributed by atoms with Crippen LogP contribution in [0.5, 0.6) is 0 Å². The molecule has 0 spiro atoms. The second kappa shape index (κ2) is 73.5.